The molecular weight excluding hydrogens is 240 g/mol. The van der Waals surface area contributed by atoms with Crippen LogP contribution < -0.4 is 5.73 Å². The van der Waals surface area contributed by atoms with Crippen LogP contribution in [0.2, 0.25) is 0 Å². The Morgan fingerprint density at radius 1 is 1.58 bits per heavy atom. The van der Waals surface area contributed by atoms with Crippen LogP contribution in [0.15, 0.2) is 12.4 Å². The Morgan fingerprint density at radius 3 is 2.95 bits per heavy atom. The lowest BCUT2D eigenvalue weighted by Crippen LogP contribution is -2.33. The van der Waals surface area contributed by atoms with Gasteiger partial charge in [-0.25, -0.2) is 0 Å². The number of aromatic nitrogens is 2. The number of hydrogen-bond donors (Lipinski definition) is 1. The van der Waals surface area contributed by atoms with Crippen LogP contribution in [0.5, 0.6) is 0 Å². The van der Waals surface area contributed by atoms with Crippen LogP contribution >= 0.6 is 0 Å². The molecule has 2 N–H and O–H groups in total. The molecule has 0 aliphatic heterocycles. The lowest BCUT2D eigenvalue weighted by molar-refractivity contribution is 0.0922. The fourth-order valence-electron chi connectivity index (χ4n) is 2.19. The van der Waals surface area contributed by atoms with Gasteiger partial charge < -0.3 is 10.5 Å². The first kappa shape index (κ1) is 14.5. The molecule has 108 valence electrons. The molecule has 0 amide bonds. The molecule has 0 aromatic carbocycles. The normalized spacial score (nSPS) is 17.1. The highest BCUT2D eigenvalue weighted by Gasteiger charge is 2.21. The molecule has 1 unspecified atom stereocenters. The van der Waals surface area contributed by atoms with Gasteiger partial charge in [-0.15, -0.1) is 0 Å². The van der Waals surface area contributed by atoms with Crippen molar-refractivity contribution in [3.63, 3.8) is 0 Å². The first-order chi connectivity index (χ1) is 9.24. The zero-order chi connectivity index (χ0) is 13.7. The van der Waals surface area contributed by atoms with E-state index in [1.165, 1.54) is 18.4 Å². The van der Waals surface area contributed by atoms with Crippen molar-refractivity contribution in [2.75, 3.05) is 33.4 Å². The van der Waals surface area contributed by atoms with E-state index in [1.54, 1.807) is 0 Å². The second-order valence-electron chi connectivity index (χ2n) is 5.38. The van der Waals surface area contributed by atoms with Gasteiger partial charge in [0.2, 0.25) is 0 Å². The molecule has 0 radical (unpaired) electrons. The van der Waals surface area contributed by atoms with Crippen LogP contribution in [0.1, 0.15) is 31.4 Å². The fraction of sp³-hybridized carbons (Fsp3) is 0.786. The zero-order valence-electron chi connectivity index (χ0n) is 12.1. The highest BCUT2D eigenvalue weighted by atomic mass is 16.5. The molecule has 1 aliphatic rings. The van der Waals surface area contributed by atoms with Gasteiger partial charge in [-0.05, 0) is 32.7 Å². The Bertz CT molecular complexity index is 375. The Kier molecular flexibility index (Phi) is 5.36. The SMILES string of the molecule is CCn1cc(C(CN)N(C)CCOCC2CC2)cn1. The van der Waals surface area contributed by atoms with Gasteiger partial charge in [-0.3, -0.25) is 9.58 Å². The van der Waals surface area contributed by atoms with Crippen molar-refractivity contribution in [2.45, 2.75) is 32.4 Å². The van der Waals surface area contributed by atoms with E-state index in [9.17, 15) is 0 Å². The van der Waals surface area contributed by atoms with Crippen molar-refractivity contribution >= 4 is 0 Å². The minimum absolute atomic E-state index is 0.227. The van der Waals surface area contributed by atoms with Gasteiger partial charge in [0, 0.05) is 44.0 Å². The standard InChI is InChI=1S/C14H26N4O/c1-3-18-10-13(9-16-18)14(8-15)17(2)6-7-19-11-12-4-5-12/h9-10,12,14H,3-8,11,15H2,1-2H3. The predicted molar refractivity (Wildman–Crippen MR) is 75.9 cm³/mol. The molecule has 19 heavy (non-hydrogen) atoms. The Balaban J connectivity index is 1.77. The second kappa shape index (κ2) is 7.03. The van der Waals surface area contributed by atoms with Gasteiger partial charge in [0.1, 0.15) is 0 Å². The molecule has 1 aliphatic carbocycles. The molecule has 0 spiro atoms. The van der Waals surface area contributed by atoms with Crippen LogP contribution in [-0.4, -0.2) is 48.0 Å². The van der Waals surface area contributed by atoms with Gasteiger partial charge in [0.25, 0.3) is 0 Å². The first-order valence-electron chi connectivity index (χ1n) is 7.25. The summed E-state index contributed by atoms with van der Waals surface area (Å²) in [6.45, 7) is 6.20. The maximum atomic E-state index is 5.90. The van der Waals surface area contributed by atoms with Gasteiger partial charge in [0.05, 0.1) is 12.8 Å². The Hall–Kier alpha value is -0.910. The topological polar surface area (TPSA) is 56.3 Å². The number of likely N-dealkylation sites (N-methyl/N-ethyl adjacent to an activating group) is 1. The van der Waals surface area contributed by atoms with Crippen LogP contribution in [0.3, 0.4) is 0 Å². The van der Waals surface area contributed by atoms with Crippen LogP contribution in [0, 0.1) is 5.92 Å². The maximum Gasteiger partial charge on any atom is 0.0593 e. The summed E-state index contributed by atoms with van der Waals surface area (Å²) in [5.41, 5.74) is 7.09. The van der Waals surface area contributed by atoms with E-state index in [0.717, 1.165) is 32.2 Å². The monoisotopic (exact) mass is 266 g/mol. The smallest absolute Gasteiger partial charge is 0.0593 e. The van der Waals surface area contributed by atoms with Gasteiger partial charge in [-0.2, -0.15) is 5.10 Å². The van der Waals surface area contributed by atoms with E-state index in [2.05, 4.69) is 30.2 Å². The predicted octanol–water partition coefficient (Wildman–Crippen LogP) is 1.26. The highest BCUT2D eigenvalue weighted by molar-refractivity contribution is 5.11. The molecule has 1 atom stereocenters. The largest absolute Gasteiger partial charge is 0.380 e. The van der Waals surface area contributed by atoms with Crippen molar-refractivity contribution in [3.05, 3.63) is 18.0 Å². The minimum atomic E-state index is 0.227. The number of rotatable bonds is 9. The Labute approximate surface area is 115 Å². The van der Waals surface area contributed by atoms with E-state index in [1.807, 2.05) is 10.9 Å². The molecule has 1 saturated carbocycles. The third kappa shape index (κ3) is 4.30. The van der Waals surface area contributed by atoms with Crippen molar-refractivity contribution in [1.82, 2.24) is 14.7 Å². The minimum Gasteiger partial charge on any atom is -0.380 e. The molecule has 5 heteroatoms. The highest BCUT2D eigenvalue weighted by Crippen LogP contribution is 2.28. The summed E-state index contributed by atoms with van der Waals surface area (Å²) >= 11 is 0. The van der Waals surface area contributed by atoms with Crippen LogP contribution in [0.25, 0.3) is 0 Å². The summed E-state index contributed by atoms with van der Waals surface area (Å²) in [5, 5.41) is 4.32. The number of nitrogens with two attached hydrogens (primary N) is 1. The summed E-state index contributed by atoms with van der Waals surface area (Å²) < 4.78 is 7.62. The van der Waals surface area contributed by atoms with Crippen molar-refractivity contribution in [1.29, 1.82) is 0 Å². The van der Waals surface area contributed by atoms with E-state index < -0.39 is 0 Å². The molecule has 0 bridgehead atoms. The average molecular weight is 266 g/mol. The van der Waals surface area contributed by atoms with Crippen molar-refractivity contribution < 1.29 is 4.74 Å². The number of aryl methyl sites for hydroxylation is 1. The quantitative estimate of drug-likeness (QED) is 0.684. The average Bonchev–Trinajstić information content (AvgIpc) is 3.12. The molecule has 1 aromatic rings. The van der Waals surface area contributed by atoms with Gasteiger partial charge in [-0.1, -0.05) is 0 Å². The molecule has 1 fully saturated rings. The van der Waals surface area contributed by atoms with E-state index >= 15 is 0 Å². The summed E-state index contributed by atoms with van der Waals surface area (Å²) in [7, 11) is 2.10. The molecule has 0 saturated heterocycles. The molecule has 5 nitrogen and oxygen atoms in total. The van der Waals surface area contributed by atoms with Crippen LogP contribution in [0.4, 0.5) is 0 Å². The lowest BCUT2D eigenvalue weighted by atomic mass is 10.1. The van der Waals surface area contributed by atoms with Crippen molar-refractivity contribution in [3.8, 4) is 0 Å². The number of nitrogens with zero attached hydrogens (tertiary/aromatic N) is 3. The van der Waals surface area contributed by atoms with Gasteiger partial charge >= 0.3 is 0 Å². The molecule has 1 aromatic heterocycles. The lowest BCUT2D eigenvalue weighted by Gasteiger charge is -2.25. The first-order valence-corrected chi connectivity index (χ1v) is 7.25. The summed E-state index contributed by atoms with van der Waals surface area (Å²) in [5.74, 6) is 0.832. The molecule has 2 rings (SSSR count). The van der Waals surface area contributed by atoms with E-state index in [4.69, 9.17) is 10.5 Å². The van der Waals surface area contributed by atoms with Crippen LogP contribution in [-0.2, 0) is 11.3 Å². The third-order valence-electron chi connectivity index (χ3n) is 3.76. The fourth-order valence-corrected chi connectivity index (χ4v) is 2.19. The maximum absolute atomic E-state index is 5.90. The van der Waals surface area contributed by atoms with Gasteiger partial charge in [0.15, 0.2) is 0 Å². The number of hydrogen-bond acceptors (Lipinski definition) is 4. The second-order valence-corrected chi connectivity index (χ2v) is 5.38. The third-order valence-corrected chi connectivity index (χ3v) is 3.76. The molecule has 1 heterocycles. The van der Waals surface area contributed by atoms with E-state index in [0.29, 0.717) is 6.54 Å². The molecular formula is C14H26N4O. The van der Waals surface area contributed by atoms with Crippen molar-refractivity contribution in [2.24, 2.45) is 11.7 Å². The summed E-state index contributed by atoms with van der Waals surface area (Å²) in [4.78, 5) is 2.25. The summed E-state index contributed by atoms with van der Waals surface area (Å²) in [6.07, 6.45) is 6.69. The zero-order valence-corrected chi connectivity index (χ0v) is 12.1. The summed E-state index contributed by atoms with van der Waals surface area (Å²) in [6, 6.07) is 0.227. The Morgan fingerprint density at radius 2 is 2.37 bits per heavy atom. The number of ether oxygens (including phenoxy) is 1. The van der Waals surface area contributed by atoms with E-state index in [-0.39, 0.29) is 6.04 Å².